The Kier molecular flexibility index (Phi) is 6.80. The number of carbonyl (C=O) groups is 4. The van der Waals surface area contributed by atoms with Gasteiger partial charge in [0, 0.05) is 11.4 Å². The third kappa shape index (κ3) is 4.59. The zero-order valence-corrected chi connectivity index (χ0v) is 19.9. The van der Waals surface area contributed by atoms with Crippen molar-refractivity contribution in [3.8, 4) is 6.07 Å². The highest BCUT2D eigenvalue weighted by Gasteiger charge is 2.36. The molecular weight excluding hydrogens is 454 g/mol. The molecular formula is C25H25N3O5S. The van der Waals surface area contributed by atoms with Crippen LogP contribution >= 0.6 is 11.3 Å². The molecule has 1 aromatic carbocycles. The van der Waals surface area contributed by atoms with Gasteiger partial charge in [0.2, 0.25) is 0 Å². The molecule has 0 saturated carbocycles. The van der Waals surface area contributed by atoms with Crippen molar-refractivity contribution >= 4 is 40.0 Å². The molecule has 2 aliphatic rings. The van der Waals surface area contributed by atoms with Crippen LogP contribution in [0.25, 0.3) is 0 Å². The molecule has 176 valence electrons. The predicted molar refractivity (Wildman–Crippen MR) is 126 cm³/mol. The lowest BCUT2D eigenvalue weighted by molar-refractivity contribution is -0.119. The fourth-order valence-corrected chi connectivity index (χ4v) is 5.41. The Morgan fingerprint density at radius 1 is 1.18 bits per heavy atom. The molecule has 1 aliphatic carbocycles. The normalized spacial score (nSPS) is 14.6. The van der Waals surface area contributed by atoms with E-state index in [0.29, 0.717) is 29.4 Å². The van der Waals surface area contributed by atoms with E-state index in [1.54, 1.807) is 0 Å². The van der Waals surface area contributed by atoms with Gasteiger partial charge in [-0.1, -0.05) is 13.8 Å². The van der Waals surface area contributed by atoms with Gasteiger partial charge in [0.25, 0.3) is 17.7 Å². The minimum Gasteiger partial charge on any atom is -0.452 e. The van der Waals surface area contributed by atoms with Crippen molar-refractivity contribution in [2.24, 2.45) is 5.92 Å². The van der Waals surface area contributed by atoms with Crippen LogP contribution in [0, 0.1) is 17.2 Å². The van der Waals surface area contributed by atoms with Crippen LogP contribution in [0.1, 0.15) is 80.2 Å². The number of thiophene rings is 1. The number of benzene rings is 1. The van der Waals surface area contributed by atoms with E-state index in [1.807, 2.05) is 13.8 Å². The number of hydrogen-bond donors (Lipinski definition) is 1. The Bertz CT molecular complexity index is 1220. The topological polar surface area (TPSA) is 117 Å². The fourth-order valence-electron chi connectivity index (χ4n) is 4.16. The van der Waals surface area contributed by atoms with Crippen LogP contribution in [0.3, 0.4) is 0 Å². The largest absolute Gasteiger partial charge is 0.452 e. The summed E-state index contributed by atoms with van der Waals surface area (Å²) in [4.78, 5) is 52.4. The summed E-state index contributed by atoms with van der Waals surface area (Å²) in [7, 11) is 0. The zero-order chi connectivity index (χ0) is 24.4. The molecule has 0 unspecified atom stereocenters. The highest BCUT2D eigenvalue weighted by atomic mass is 32.1. The average molecular weight is 480 g/mol. The molecule has 2 aromatic rings. The van der Waals surface area contributed by atoms with Crippen LogP contribution in [0.4, 0.5) is 5.00 Å². The van der Waals surface area contributed by atoms with Crippen molar-refractivity contribution in [1.29, 1.82) is 5.26 Å². The number of amides is 3. The molecule has 3 amide bonds. The number of ether oxygens (including phenoxy) is 1. The summed E-state index contributed by atoms with van der Waals surface area (Å²) in [5.74, 6) is -1.78. The molecule has 0 saturated heterocycles. The van der Waals surface area contributed by atoms with E-state index in [0.717, 1.165) is 36.1 Å². The quantitative estimate of drug-likeness (QED) is 0.475. The first kappa shape index (κ1) is 23.6. The molecule has 34 heavy (non-hydrogen) atoms. The third-order valence-corrected chi connectivity index (χ3v) is 7.21. The number of rotatable bonds is 7. The second kappa shape index (κ2) is 9.77. The Morgan fingerprint density at radius 3 is 2.65 bits per heavy atom. The van der Waals surface area contributed by atoms with E-state index in [-0.39, 0.29) is 22.6 Å². The van der Waals surface area contributed by atoms with E-state index in [9.17, 15) is 24.4 Å². The monoisotopic (exact) mass is 479 g/mol. The van der Waals surface area contributed by atoms with E-state index in [4.69, 9.17) is 4.74 Å². The lowest BCUT2D eigenvalue weighted by atomic mass is 9.96. The van der Waals surface area contributed by atoms with Crippen LogP contribution in [0.15, 0.2) is 18.2 Å². The number of nitrogens with one attached hydrogen (secondary N) is 1. The molecule has 8 nitrogen and oxygen atoms in total. The number of fused-ring (bicyclic) bond motifs is 2. The first-order valence-electron chi connectivity index (χ1n) is 11.3. The number of nitriles is 1. The van der Waals surface area contributed by atoms with Gasteiger partial charge < -0.3 is 10.1 Å². The van der Waals surface area contributed by atoms with E-state index in [2.05, 4.69) is 11.4 Å². The molecule has 0 radical (unpaired) electrons. The summed E-state index contributed by atoms with van der Waals surface area (Å²) in [6.07, 6.45) is 4.50. The fraction of sp³-hybridized carbons (Fsp3) is 0.400. The van der Waals surface area contributed by atoms with Crippen molar-refractivity contribution in [1.82, 2.24) is 4.90 Å². The van der Waals surface area contributed by atoms with Crippen LogP contribution < -0.4 is 5.32 Å². The maximum absolute atomic E-state index is 12.7. The lowest BCUT2D eigenvalue weighted by Crippen LogP contribution is -2.31. The maximum atomic E-state index is 12.7. The number of imide groups is 1. The Labute approximate surface area is 201 Å². The van der Waals surface area contributed by atoms with Crippen LogP contribution in [-0.4, -0.2) is 41.7 Å². The van der Waals surface area contributed by atoms with Gasteiger partial charge in [-0.15, -0.1) is 11.3 Å². The highest BCUT2D eigenvalue weighted by Crippen LogP contribution is 2.37. The Balaban J connectivity index is 1.39. The number of aryl methyl sites for hydroxylation is 1. The van der Waals surface area contributed by atoms with Crippen molar-refractivity contribution in [2.75, 3.05) is 18.5 Å². The highest BCUT2D eigenvalue weighted by molar-refractivity contribution is 7.16. The van der Waals surface area contributed by atoms with Crippen LogP contribution in [0.2, 0.25) is 0 Å². The van der Waals surface area contributed by atoms with Crippen molar-refractivity contribution in [3.63, 3.8) is 0 Å². The van der Waals surface area contributed by atoms with Crippen LogP contribution in [0.5, 0.6) is 0 Å². The summed E-state index contributed by atoms with van der Waals surface area (Å²) in [6.45, 7) is 3.81. The minimum absolute atomic E-state index is 0.0858. The molecule has 0 fully saturated rings. The van der Waals surface area contributed by atoms with Gasteiger partial charge in [-0.05, 0) is 61.8 Å². The SMILES string of the molecule is CC(C)CCN1C(=O)c2ccc(C(=O)OCC(=O)Nc3sc4c(c3C#N)CCCC4)cc2C1=O. The second-order valence-corrected chi connectivity index (χ2v) is 9.96. The second-order valence-electron chi connectivity index (χ2n) is 8.86. The summed E-state index contributed by atoms with van der Waals surface area (Å²) in [5, 5.41) is 12.7. The lowest BCUT2D eigenvalue weighted by Gasteiger charge is -2.14. The molecule has 4 rings (SSSR count). The summed E-state index contributed by atoms with van der Waals surface area (Å²) in [5.41, 5.74) is 2.00. The predicted octanol–water partition coefficient (Wildman–Crippen LogP) is 3.94. The summed E-state index contributed by atoms with van der Waals surface area (Å²) < 4.78 is 5.13. The standard InChI is InChI=1S/C25H25N3O5S/c1-14(2)9-10-28-23(30)17-8-7-15(11-18(17)24(28)31)25(32)33-13-21(29)27-22-19(12-26)16-5-3-4-6-20(16)34-22/h7-8,11,14H,3-6,9-10,13H2,1-2H3,(H,27,29). The molecule has 1 N–H and O–H groups in total. The van der Waals surface area contributed by atoms with Crippen LogP contribution in [-0.2, 0) is 22.4 Å². The van der Waals surface area contributed by atoms with Gasteiger partial charge >= 0.3 is 5.97 Å². The molecule has 0 atom stereocenters. The Morgan fingerprint density at radius 2 is 1.91 bits per heavy atom. The Hall–Kier alpha value is -3.51. The van der Waals surface area contributed by atoms with Crippen molar-refractivity contribution in [2.45, 2.75) is 46.0 Å². The van der Waals surface area contributed by atoms with Gasteiger partial charge in [-0.25, -0.2) is 4.79 Å². The molecule has 1 aliphatic heterocycles. The van der Waals surface area contributed by atoms with Gasteiger partial charge in [0.1, 0.15) is 11.1 Å². The molecule has 9 heteroatoms. The maximum Gasteiger partial charge on any atom is 0.338 e. The van der Waals surface area contributed by atoms with Gasteiger partial charge in [-0.2, -0.15) is 5.26 Å². The van der Waals surface area contributed by atoms with Crippen molar-refractivity contribution < 1.29 is 23.9 Å². The van der Waals surface area contributed by atoms with Crippen molar-refractivity contribution in [3.05, 3.63) is 50.9 Å². The zero-order valence-electron chi connectivity index (χ0n) is 19.1. The summed E-state index contributed by atoms with van der Waals surface area (Å²) in [6, 6.07) is 6.37. The van der Waals surface area contributed by atoms with Gasteiger partial charge in [-0.3, -0.25) is 19.3 Å². The number of carbonyl (C=O) groups excluding carboxylic acids is 4. The average Bonchev–Trinajstić information content (AvgIpc) is 3.29. The van der Waals surface area contributed by atoms with E-state index >= 15 is 0 Å². The smallest absolute Gasteiger partial charge is 0.338 e. The number of hydrogen-bond acceptors (Lipinski definition) is 7. The number of nitrogens with zero attached hydrogens (tertiary/aromatic N) is 2. The number of anilines is 1. The number of esters is 1. The van der Waals surface area contributed by atoms with E-state index in [1.165, 1.54) is 34.4 Å². The molecule has 2 heterocycles. The minimum atomic E-state index is -0.773. The molecule has 1 aromatic heterocycles. The summed E-state index contributed by atoms with van der Waals surface area (Å²) >= 11 is 1.40. The molecule has 0 spiro atoms. The molecule has 0 bridgehead atoms. The third-order valence-electron chi connectivity index (χ3n) is 6.01. The van der Waals surface area contributed by atoms with Gasteiger partial charge in [0.05, 0.1) is 22.3 Å². The van der Waals surface area contributed by atoms with Gasteiger partial charge in [0.15, 0.2) is 6.61 Å². The first-order chi connectivity index (χ1) is 16.3. The first-order valence-corrected chi connectivity index (χ1v) is 12.1. The van der Waals surface area contributed by atoms with E-state index < -0.39 is 24.4 Å².